The minimum atomic E-state index is -0.116. The van der Waals surface area contributed by atoms with Crippen molar-refractivity contribution in [3.63, 3.8) is 0 Å². The van der Waals surface area contributed by atoms with Gasteiger partial charge in [-0.1, -0.05) is 6.07 Å². The molecule has 0 amide bonds. The van der Waals surface area contributed by atoms with Crippen LogP contribution in [0.3, 0.4) is 0 Å². The van der Waals surface area contributed by atoms with Gasteiger partial charge in [-0.3, -0.25) is 0 Å². The van der Waals surface area contributed by atoms with Gasteiger partial charge in [-0.25, -0.2) is 0 Å². The second-order valence-corrected chi connectivity index (χ2v) is 7.37. The number of benzene rings is 2. The van der Waals surface area contributed by atoms with Crippen LogP contribution in [0.5, 0.6) is 28.7 Å². The summed E-state index contributed by atoms with van der Waals surface area (Å²) >= 11 is 0. The molecule has 0 radical (unpaired) electrons. The van der Waals surface area contributed by atoms with Crippen molar-refractivity contribution in [3.8, 4) is 28.7 Å². The van der Waals surface area contributed by atoms with E-state index < -0.39 is 0 Å². The van der Waals surface area contributed by atoms with E-state index in [0.717, 1.165) is 11.1 Å². The maximum atomic E-state index is 6.25. The smallest absolute Gasteiger partial charge is 0.231 e. The van der Waals surface area contributed by atoms with Crippen LogP contribution in [0.15, 0.2) is 30.3 Å². The molecule has 7 heteroatoms. The standard InChI is InChI=1S/C22H24O7/c1-23-16-6-4-12(8-18(16)24-2)19-14-9-27-20(15(14)10-26-19)13-5-7-17-22(21(13)25-3)29-11-28-17/h4-8,14-15,19-20H,9-11H2,1-3H3. The first-order valence-corrected chi connectivity index (χ1v) is 9.66. The predicted octanol–water partition coefficient (Wildman–Crippen LogP) is 3.52. The fourth-order valence-corrected chi connectivity index (χ4v) is 4.64. The van der Waals surface area contributed by atoms with Gasteiger partial charge in [0.15, 0.2) is 23.0 Å². The number of ether oxygens (including phenoxy) is 7. The molecule has 3 aliphatic rings. The van der Waals surface area contributed by atoms with Crippen LogP contribution in [0.25, 0.3) is 0 Å². The molecule has 154 valence electrons. The molecule has 0 N–H and O–H groups in total. The molecule has 7 nitrogen and oxygen atoms in total. The van der Waals surface area contributed by atoms with E-state index in [9.17, 15) is 0 Å². The van der Waals surface area contributed by atoms with E-state index in [0.29, 0.717) is 42.0 Å². The lowest BCUT2D eigenvalue weighted by Gasteiger charge is -2.20. The monoisotopic (exact) mass is 400 g/mol. The van der Waals surface area contributed by atoms with Gasteiger partial charge in [0.25, 0.3) is 0 Å². The largest absolute Gasteiger partial charge is 0.493 e. The third kappa shape index (κ3) is 2.88. The molecule has 4 unspecified atom stereocenters. The molecule has 0 aliphatic carbocycles. The topological polar surface area (TPSA) is 64.6 Å². The summed E-state index contributed by atoms with van der Waals surface area (Å²) in [4.78, 5) is 0. The molecule has 2 aromatic carbocycles. The lowest BCUT2D eigenvalue weighted by atomic mass is 9.84. The third-order valence-electron chi connectivity index (χ3n) is 6.04. The Morgan fingerprint density at radius 3 is 2.31 bits per heavy atom. The summed E-state index contributed by atoms with van der Waals surface area (Å²) < 4.78 is 40.0. The van der Waals surface area contributed by atoms with Crippen LogP contribution in [-0.4, -0.2) is 41.3 Å². The Kier molecular flexibility index (Phi) is 4.64. The van der Waals surface area contributed by atoms with Gasteiger partial charge in [0, 0.05) is 17.4 Å². The zero-order valence-corrected chi connectivity index (χ0v) is 16.7. The van der Waals surface area contributed by atoms with Crippen molar-refractivity contribution >= 4 is 0 Å². The van der Waals surface area contributed by atoms with Crippen LogP contribution < -0.4 is 23.7 Å². The number of hydrogen-bond donors (Lipinski definition) is 0. The second kappa shape index (κ2) is 7.31. The quantitative estimate of drug-likeness (QED) is 0.761. The molecule has 29 heavy (non-hydrogen) atoms. The highest BCUT2D eigenvalue weighted by molar-refractivity contribution is 5.58. The Hall–Kier alpha value is -2.64. The summed E-state index contributed by atoms with van der Waals surface area (Å²) in [6, 6.07) is 9.85. The summed E-state index contributed by atoms with van der Waals surface area (Å²) in [5.74, 6) is 3.90. The Morgan fingerprint density at radius 2 is 1.55 bits per heavy atom. The van der Waals surface area contributed by atoms with Gasteiger partial charge >= 0.3 is 0 Å². The lowest BCUT2D eigenvalue weighted by Crippen LogP contribution is -2.15. The first-order chi connectivity index (χ1) is 14.2. The molecule has 4 atom stereocenters. The van der Waals surface area contributed by atoms with E-state index in [-0.39, 0.29) is 30.8 Å². The molecular formula is C22H24O7. The molecule has 2 saturated heterocycles. The first-order valence-electron chi connectivity index (χ1n) is 9.66. The molecule has 0 aromatic heterocycles. The van der Waals surface area contributed by atoms with Gasteiger partial charge in [-0.05, 0) is 29.8 Å². The summed E-state index contributed by atoms with van der Waals surface area (Å²) in [7, 11) is 4.92. The maximum absolute atomic E-state index is 6.25. The fraction of sp³-hybridized carbons (Fsp3) is 0.455. The fourth-order valence-electron chi connectivity index (χ4n) is 4.64. The van der Waals surface area contributed by atoms with Crippen molar-refractivity contribution in [1.29, 1.82) is 0 Å². The summed E-state index contributed by atoms with van der Waals surface area (Å²) in [5, 5.41) is 0. The number of methoxy groups -OCH3 is 3. The molecule has 3 heterocycles. The van der Waals surface area contributed by atoms with Gasteiger partial charge in [-0.2, -0.15) is 0 Å². The van der Waals surface area contributed by atoms with Crippen molar-refractivity contribution in [1.82, 2.24) is 0 Å². The van der Waals surface area contributed by atoms with Crippen LogP contribution >= 0.6 is 0 Å². The number of fused-ring (bicyclic) bond motifs is 2. The number of rotatable bonds is 5. The summed E-state index contributed by atoms with van der Waals surface area (Å²) in [6.45, 7) is 1.44. The van der Waals surface area contributed by atoms with E-state index in [2.05, 4.69) is 0 Å². The molecule has 2 aromatic rings. The molecule has 2 fully saturated rings. The van der Waals surface area contributed by atoms with Gasteiger partial charge in [0.2, 0.25) is 12.5 Å². The average molecular weight is 400 g/mol. The van der Waals surface area contributed by atoms with Gasteiger partial charge in [-0.15, -0.1) is 0 Å². The van der Waals surface area contributed by atoms with Gasteiger partial charge in [0.1, 0.15) is 0 Å². The Morgan fingerprint density at radius 1 is 0.793 bits per heavy atom. The second-order valence-electron chi connectivity index (χ2n) is 7.37. The van der Waals surface area contributed by atoms with E-state index >= 15 is 0 Å². The maximum Gasteiger partial charge on any atom is 0.231 e. The van der Waals surface area contributed by atoms with Crippen molar-refractivity contribution < 1.29 is 33.2 Å². The minimum absolute atomic E-state index is 0.0511. The Balaban J connectivity index is 1.43. The Labute approximate surface area is 169 Å². The average Bonchev–Trinajstić information content (AvgIpc) is 3.48. The molecule has 0 saturated carbocycles. The van der Waals surface area contributed by atoms with Crippen LogP contribution in [-0.2, 0) is 9.47 Å². The van der Waals surface area contributed by atoms with Crippen LogP contribution in [0.4, 0.5) is 0 Å². The highest BCUT2D eigenvalue weighted by Gasteiger charge is 2.49. The molecule has 5 rings (SSSR count). The Bertz CT molecular complexity index is 912. The SMILES string of the molecule is COc1ccc(C2OCC3C(c4ccc5c(c4OC)OCO5)OCC23)cc1OC. The summed E-state index contributed by atoms with van der Waals surface area (Å²) in [5.41, 5.74) is 2.04. The van der Waals surface area contributed by atoms with Crippen molar-refractivity contribution in [2.45, 2.75) is 12.2 Å². The summed E-state index contributed by atoms with van der Waals surface area (Å²) in [6.07, 6.45) is -0.167. The highest BCUT2D eigenvalue weighted by atomic mass is 16.7. The third-order valence-corrected chi connectivity index (χ3v) is 6.04. The molecule has 0 bridgehead atoms. The van der Waals surface area contributed by atoms with Gasteiger partial charge < -0.3 is 33.2 Å². The highest BCUT2D eigenvalue weighted by Crippen LogP contribution is 2.54. The molecular weight excluding hydrogens is 376 g/mol. The zero-order valence-electron chi connectivity index (χ0n) is 16.7. The molecule has 0 spiro atoms. The first kappa shape index (κ1) is 18.4. The van der Waals surface area contributed by atoms with E-state index in [1.165, 1.54) is 0 Å². The van der Waals surface area contributed by atoms with E-state index in [1.807, 2.05) is 30.3 Å². The van der Waals surface area contributed by atoms with Gasteiger partial charge in [0.05, 0.1) is 46.8 Å². The van der Waals surface area contributed by atoms with Crippen LogP contribution in [0.1, 0.15) is 23.3 Å². The zero-order chi connectivity index (χ0) is 20.0. The van der Waals surface area contributed by atoms with Crippen molar-refractivity contribution in [2.75, 3.05) is 41.3 Å². The van der Waals surface area contributed by atoms with Crippen LogP contribution in [0.2, 0.25) is 0 Å². The van der Waals surface area contributed by atoms with Crippen molar-refractivity contribution in [2.24, 2.45) is 11.8 Å². The van der Waals surface area contributed by atoms with Crippen LogP contribution in [0, 0.1) is 11.8 Å². The van der Waals surface area contributed by atoms with Crippen molar-refractivity contribution in [3.05, 3.63) is 41.5 Å². The van der Waals surface area contributed by atoms with E-state index in [4.69, 9.17) is 33.2 Å². The lowest BCUT2D eigenvalue weighted by molar-refractivity contribution is 0.0184. The number of hydrogen-bond acceptors (Lipinski definition) is 7. The normalized spacial score (nSPS) is 27.0. The predicted molar refractivity (Wildman–Crippen MR) is 103 cm³/mol. The van der Waals surface area contributed by atoms with E-state index in [1.54, 1.807) is 21.3 Å². The molecule has 3 aliphatic heterocycles. The minimum Gasteiger partial charge on any atom is -0.493 e.